The van der Waals surface area contributed by atoms with Gasteiger partial charge in [-0.3, -0.25) is 10.1 Å². The van der Waals surface area contributed by atoms with Crippen LogP contribution in [0.3, 0.4) is 0 Å². The number of benzene rings is 1. The topological polar surface area (TPSA) is 72.6 Å². The minimum Gasteiger partial charge on any atom is -0.406 e. The zero-order chi connectivity index (χ0) is 13.9. The van der Waals surface area contributed by atoms with Gasteiger partial charge in [-0.2, -0.15) is 0 Å². The molecule has 0 saturated carbocycles. The van der Waals surface area contributed by atoms with E-state index < -0.39 is 35.2 Å². The molecule has 0 aromatic heterocycles. The molecule has 1 radical (unpaired) electrons. The summed E-state index contributed by atoms with van der Waals surface area (Å²) in [6.07, 6.45) is -4.89. The second-order valence-electron chi connectivity index (χ2n) is 3.41. The van der Waals surface area contributed by atoms with Gasteiger partial charge >= 0.3 is 6.36 Å². The number of nitro benzene ring substituents is 1. The molecule has 5 nitrogen and oxygen atoms in total. The molecule has 0 aliphatic rings. The highest BCUT2D eigenvalue weighted by Crippen LogP contribution is 2.32. The number of halogens is 3. The molecule has 1 N–H and O–H groups in total. The first kappa shape index (κ1) is 14.2. The number of alkyl halides is 3. The summed E-state index contributed by atoms with van der Waals surface area (Å²) in [5, 5.41) is 19.5. The van der Waals surface area contributed by atoms with Crippen molar-refractivity contribution in [3.63, 3.8) is 0 Å². The van der Waals surface area contributed by atoms with Gasteiger partial charge in [0.25, 0.3) is 5.69 Å². The second-order valence-corrected chi connectivity index (χ2v) is 3.41. The van der Waals surface area contributed by atoms with Crippen molar-refractivity contribution in [2.75, 3.05) is 6.61 Å². The SMILES string of the molecule is [CH2]C(CO)c1cc(OC(F)(F)F)ccc1[N+](=O)[O-]. The van der Waals surface area contributed by atoms with Crippen molar-refractivity contribution in [2.24, 2.45) is 0 Å². The van der Waals surface area contributed by atoms with Gasteiger partial charge in [0.1, 0.15) is 5.75 Å². The first-order valence-corrected chi connectivity index (χ1v) is 4.72. The summed E-state index contributed by atoms with van der Waals surface area (Å²) in [6, 6.07) is 2.56. The largest absolute Gasteiger partial charge is 0.573 e. The molecule has 1 atom stereocenters. The number of nitrogens with zero attached hydrogens (tertiary/aromatic N) is 1. The molecule has 0 heterocycles. The van der Waals surface area contributed by atoms with E-state index in [1.807, 2.05) is 0 Å². The molecule has 0 bridgehead atoms. The Hall–Kier alpha value is -1.83. The summed E-state index contributed by atoms with van der Waals surface area (Å²) in [4.78, 5) is 9.91. The van der Waals surface area contributed by atoms with Crippen molar-refractivity contribution in [2.45, 2.75) is 12.3 Å². The molecule has 1 rings (SSSR count). The minimum atomic E-state index is -4.89. The van der Waals surface area contributed by atoms with Gasteiger partial charge in [-0.25, -0.2) is 0 Å². The van der Waals surface area contributed by atoms with Crippen molar-refractivity contribution >= 4 is 5.69 Å². The van der Waals surface area contributed by atoms with Crippen LogP contribution in [0.5, 0.6) is 5.75 Å². The van der Waals surface area contributed by atoms with Crippen LogP contribution in [-0.4, -0.2) is 23.0 Å². The second kappa shape index (κ2) is 5.21. The monoisotopic (exact) mass is 264 g/mol. The van der Waals surface area contributed by atoms with Crippen molar-refractivity contribution in [1.82, 2.24) is 0 Å². The lowest BCUT2D eigenvalue weighted by atomic mass is 10.00. The zero-order valence-corrected chi connectivity index (χ0v) is 8.98. The fraction of sp³-hybridized carbons (Fsp3) is 0.300. The van der Waals surface area contributed by atoms with Gasteiger partial charge in [0.2, 0.25) is 0 Å². The van der Waals surface area contributed by atoms with Gasteiger partial charge < -0.3 is 9.84 Å². The lowest BCUT2D eigenvalue weighted by Crippen LogP contribution is -2.17. The van der Waals surface area contributed by atoms with Gasteiger partial charge in [0.15, 0.2) is 0 Å². The molecular weight excluding hydrogens is 255 g/mol. The van der Waals surface area contributed by atoms with Crippen molar-refractivity contribution < 1.29 is 27.9 Å². The lowest BCUT2D eigenvalue weighted by molar-refractivity contribution is -0.385. The van der Waals surface area contributed by atoms with Crippen LogP contribution in [0.2, 0.25) is 0 Å². The van der Waals surface area contributed by atoms with Gasteiger partial charge in [-0.05, 0) is 19.1 Å². The summed E-state index contributed by atoms with van der Waals surface area (Å²) in [5.74, 6) is -1.51. The van der Waals surface area contributed by atoms with Crippen molar-refractivity contribution in [3.8, 4) is 5.75 Å². The summed E-state index contributed by atoms with van der Waals surface area (Å²) >= 11 is 0. The molecule has 0 amide bonds. The fourth-order valence-electron chi connectivity index (χ4n) is 1.32. The van der Waals surface area contributed by atoms with E-state index in [1.54, 1.807) is 0 Å². The first-order chi connectivity index (χ1) is 8.24. The predicted octanol–water partition coefficient (Wildman–Crippen LogP) is 2.40. The number of rotatable bonds is 4. The van der Waals surface area contributed by atoms with E-state index in [0.29, 0.717) is 0 Å². The molecule has 1 aromatic rings. The van der Waals surface area contributed by atoms with Gasteiger partial charge in [-0.15, -0.1) is 13.2 Å². The van der Waals surface area contributed by atoms with Gasteiger partial charge in [-0.1, -0.05) is 0 Å². The lowest BCUT2D eigenvalue weighted by Gasteiger charge is -2.13. The average Bonchev–Trinajstić information content (AvgIpc) is 2.25. The Labute approximate surface area is 99.9 Å². The Morgan fingerprint density at radius 1 is 1.50 bits per heavy atom. The third-order valence-electron chi connectivity index (χ3n) is 2.09. The van der Waals surface area contributed by atoms with Crippen LogP contribution < -0.4 is 4.74 Å². The van der Waals surface area contributed by atoms with E-state index in [-0.39, 0.29) is 5.56 Å². The summed E-state index contributed by atoms with van der Waals surface area (Å²) in [7, 11) is 0. The minimum absolute atomic E-state index is 0.121. The normalized spacial score (nSPS) is 13.2. The highest BCUT2D eigenvalue weighted by molar-refractivity contribution is 5.47. The standard InChI is InChI=1S/C10H9F3NO4/c1-6(5-15)8-4-7(18-10(11,12)13)2-3-9(8)14(16)17/h2-4,6,15H,1,5H2. The zero-order valence-electron chi connectivity index (χ0n) is 8.98. The third-order valence-corrected chi connectivity index (χ3v) is 2.09. The van der Waals surface area contributed by atoms with E-state index in [4.69, 9.17) is 5.11 Å². The van der Waals surface area contributed by atoms with E-state index in [9.17, 15) is 23.3 Å². The van der Waals surface area contributed by atoms with E-state index in [2.05, 4.69) is 11.7 Å². The molecule has 8 heteroatoms. The maximum Gasteiger partial charge on any atom is 0.573 e. The van der Waals surface area contributed by atoms with Crippen LogP contribution in [0.15, 0.2) is 18.2 Å². The number of nitro groups is 1. The molecule has 1 aromatic carbocycles. The molecule has 1 unspecified atom stereocenters. The van der Waals surface area contributed by atoms with Crippen LogP contribution in [-0.2, 0) is 0 Å². The van der Waals surface area contributed by atoms with Crippen LogP contribution in [0.1, 0.15) is 11.5 Å². The Kier molecular flexibility index (Phi) is 4.12. The maximum atomic E-state index is 12.0. The molecular formula is C10H9F3NO4. The molecule has 0 spiro atoms. The number of hydrogen-bond donors (Lipinski definition) is 1. The molecule has 0 saturated heterocycles. The summed E-state index contributed by atoms with van der Waals surface area (Å²) in [5.41, 5.74) is -0.539. The van der Waals surface area contributed by atoms with Crippen LogP contribution in [0, 0.1) is 17.0 Å². The number of aliphatic hydroxyl groups excluding tert-OH is 1. The van der Waals surface area contributed by atoms with Crippen molar-refractivity contribution in [1.29, 1.82) is 0 Å². The quantitative estimate of drug-likeness (QED) is 0.669. The third kappa shape index (κ3) is 3.59. The van der Waals surface area contributed by atoms with Gasteiger partial charge in [0, 0.05) is 17.5 Å². The average molecular weight is 264 g/mol. The number of ether oxygens (including phenoxy) is 1. The number of hydrogen-bond acceptors (Lipinski definition) is 4. The predicted molar refractivity (Wildman–Crippen MR) is 55.0 cm³/mol. The Balaban J connectivity index is 3.17. The Bertz CT molecular complexity index is 447. The maximum absolute atomic E-state index is 12.0. The van der Waals surface area contributed by atoms with Gasteiger partial charge in [0.05, 0.1) is 11.5 Å². The smallest absolute Gasteiger partial charge is 0.406 e. The summed E-state index contributed by atoms with van der Waals surface area (Å²) < 4.78 is 39.6. The molecule has 99 valence electrons. The molecule has 18 heavy (non-hydrogen) atoms. The Morgan fingerprint density at radius 3 is 2.56 bits per heavy atom. The molecule has 0 aliphatic heterocycles. The van der Waals surface area contributed by atoms with Crippen molar-refractivity contribution in [3.05, 3.63) is 40.8 Å². The van der Waals surface area contributed by atoms with E-state index in [0.717, 1.165) is 18.2 Å². The van der Waals surface area contributed by atoms with Crippen LogP contribution in [0.25, 0.3) is 0 Å². The Morgan fingerprint density at radius 2 is 2.11 bits per heavy atom. The molecule has 0 aliphatic carbocycles. The molecule has 0 fully saturated rings. The highest BCUT2D eigenvalue weighted by Gasteiger charge is 2.32. The highest BCUT2D eigenvalue weighted by atomic mass is 19.4. The van der Waals surface area contributed by atoms with Crippen LogP contribution in [0.4, 0.5) is 18.9 Å². The first-order valence-electron chi connectivity index (χ1n) is 4.72. The van der Waals surface area contributed by atoms with E-state index in [1.165, 1.54) is 0 Å². The van der Waals surface area contributed by atoms with Crippen LogP contribution >= 0.6 is 0 Å². The summed E-state index contributed by atoms with van der Waals surface area (Å²) in [6.45, 7) is 2.88. The fourth-order valence-corrected chi connectivity index (χ4v) is 1.32. The number of aliphatic hydroxyl groups is 1. The van der Waals surface area contributed by atoms with E-state index >= 15 is 0 Å².